The minimum Gasteiger partial charge on any atom is -0.478 e. The SMILES string of the molecule is CC(C)(Oc1ccc(C(=O)c2cc3c(ccc4ccccc43)oc2=O)cc1)C(=O)O. The maximum Gasteiger partial charge on any atom is 0.347 e. The molecule has 0 radical (unpaired) electrons. The largest absolute Gasteiger partial charge is 0.478 e. The lowest BCUT2D eigenvalue weighted by molar-refractivity contribution is -0.152. The molecule has 4 rings (SSSR count). The molecule has 30 heavy (non-hydrogen) atoms. The Morgan fingerprint density at radius 2 is 1.63 bits per heavy atom. The van der Waals surface area contributed by atoms with Crippen molar-refractivity contribution in [3.05, 3.63) is 88.3 Å². The number of hydrogen-bond acceptors (Lipinski definition) is 5. The molecular formula is C24H18O6. The molecule has 6 heteroatoms. The fourth-order valence-corrected chi connectivity index (χ4v) is 3.20. The van der Waals surface area contributed by atoms with Gasteiger partial charge >= 0.3 is 11.6 Å². The molecular weight excluding hydrogens is 384 g/mol. The molecule has 0 aliphatic heterocycles. The van der Waals surface area contributed by atoms with E-state index in [0.717, 1.165) is 10.8 Å². The summed E-state index contributed by atoms with van der Waals surface area (Å²) in [5.41, 5.74) is -1.52. The minimum absolute atomic E-state index is 0.0709. The summed E-state index contributed by atoms with van der Waals surface area (Å²) >= 11 is 0. The molecule has 0 aliphatic rings. The van der Waals surface area contributed by atoms with Crippen molar-refractivity contribution in [2.75, 3.05) is 0 Å². The van der Waals surface area contributed by atoms with E-state index >= 15 is 0 Å². The van der Waals surface area contributed by atoms with Crippen molar-refractivity contribution in [1.82, 2.24) is 0 Å². The predicted molar refractivity (Wildman–Crippen MR) is 112 cm³/mol. The average Bonchev–Trinajstić information content (AvgIpc) is 2.73. The van der Waals surface area contributed by atoms with Gasteiger partial charge in [-0.3, -0.25) is 4.79 Å². The van der Waals surface area contributed by atoms with Crippen molar-refractivity contribution in [1.29, 1.82) is 0 Å². The minimum atomic E-state index is -1.41. The predicted octanol–water partition coefficient (Wildman–Crippen LogP) is 4.42. The topological polar surface area (TPSA) is 93.8 Å². The van der Waals surface area contributed by atoms with Crippen molar-refractivity contribution < 1.29 is 23.8 Å². The van der Waals surface area contributed by atoms with Crippen molar-refractivity contribution in [2.24, 2.45) is 0 Å². The first-order chi connectivity index (χ1) is 14.3. The van der Waals surface area contributed by atoms with Gasteiger partial charge in [-0.2, -0.15) is 0 Å². The Bertz CT molecular complexity index is 1350. The summed E-state index contributed by atoms with van der Waals surface area (Å²) in [7, 11) is 0. The molecule has 0 spiro atoms. The van der Waals surface area contributed by atoms with Gasteiger partial charge in [0.05, 0.1) is 0 Å². The highest BCUT2D eigenvalue weighted by Gasteiger charge is 2.29. The third-order valence-electron chi connectivity index (χ3n) is 4.89. The monoisotopic (exact) mass is 402 g/mol. The van der Waals surface area contributed by atoms with E-state index in [0.29, 0.717) is 16.7 Å². The molecule has 4 aromatic rings. The van der Waals surface area contributed by atoms with Crippen LogP contribution in [0.1, 0.15) is 29.8 Å². The lowest BCUT2D eigenvalue weighted by Gasteiger charge is -2.21. The molecule has 0 atom stereocenters. The van der Waals surface area contributed by atoms with Gasteiger partial charge in [0, 0.05) is 10.9 Å². The van der Waals surface area contributed by atoms with Crippen LogP contribution in [-0.4, -0.2) is 22.5 Å². The van der Waals surface area contributed by atoms with Crippen LogP contribution < -0.4 is 10.4 Å². The van der Waals surface area contributed by atoms with Gasteiger partial charge in [-0.25, -0.2) is 9.59 Å². The molecule has 1 heterocycles. The number of fused-ring (bicyclic) bond motifs is 3. The Labute approximate surface area is 171 Å². The highest BCUT2D eigenvalue weighted by molar-refractivity contribution is 6.12. The van der Waals surface area contributed by atoms with Gasteiger partial charge in [-0.05, 0) is 61.0 Å². The number of aliphatic carboxylic acids is 1. The molecule has 3 aromatic carbocycles. The second kappa shape index (κ2) is 7.15. The van der Waals surface area contributed by atoms with E-state index < -0.39 is 23.0 Å². The van der Waals surface area contributed by atoms with Crippen LogP contribution in [0.25, 0.3) is 21.7 Å². The van der Waals surface area contributed by atoms with Gasteiger partial charge in [0.25, 0.3) is 0 Å². The summed E-state index contributed by atoms with van der Waals surface area (Å²) in [6, 6.07) is 18.7. The molecule has 0 bridgehead atoms. The number of carboxylic acid groups (broad SMARTS) is 1. The number of hydrogen-bond donors (Lipinski definition) is 1. The number of ketones is 1. The van der Waals surface area contributed by atoms with E-state index in [-0.39, 0.29) is 11.1 Å². The zero-order valence-corrected chi connectivity index (χ0v) is 16.3. The van der Waals surface area contributed by atoms with Gasteiger partial charge in [0.1, 0.15) is 16.9 Å². The van der Waals surface area contributed by atoms with E-state index in [2.05, 4.69) is 0 Å². The summed E-state index contributed by atoms with van der Waals surface area (Å²) < 4.78 is 10.8. The fourth-order valence-electron chi connectivity index (χ4n) is 3.20. The summed E-state index contributed by atoms with van der Waals surface area (Å²) in [5, 5.41) is 11.7. The van der Waals surface area contributed by atoms with Crippen LogP contribution in [-0.2, 0) is 4.79 Å². The standard InChI is InChI=1S/C24H18O6/c1-24(2,23(27)28)30-16-10-7-15(8-11-16)21(25)19-13-18-17-6-4-3-5-14(17)9-12-20(18)29-22(19)26/h3-13H,1-2H3,(H,27,28). The molecule has 1 N–H and O–H groups in total. The first kappa shape index (κ1) is 19.4. The second-order valence-electron chi connectivity index (χ2n) is 7.42. The molecule has 150 valence electrons. The maximum atomic E-state index is 13.0. The van der Waals surface area contributed by atoms with E-state index in [9.17, 15) is 14.4 Å². The molecule has 0 amide bonds. The highest BCUT2D eigenvalue weighted by atomic mass is 16.5. The summed E-state index contributed by atoms with van der Waals surface area (Å²) in [6.45, 7) is 2.86. The van der Waals surface area contributed by atoms with Gasteiger partial charge in [0.2, 0.25) is 0 Å². The first-order valence-corrected chi connectivity index (χ1v) is 9.29. The van der Waals surface area contributed by atoms with Crippen LogP contribution in [0.15, 0.2) is 75.9 Å². The molecule has 1 aromatic heterocycles. The van der Waals surface area contributed by atoms with Crippen LogP contribution >= 0.6 is 0 Å². The molecule has 0 fully saturated rings. The second-order valence-corrected chi connectivity index (χ2v) is 7.42. The van der Waals surface area contributed by atoms with Crippen LogP contribution in [0.4, 0.5) is 0 Å². The van der Waals surface area contributed by atoms with E-state index in [1.54, 1.807) is 12.1 Å². The number of carbonyl (C=O) groups is 2. The van der Waals surface area contributed by atoms with Crippen molar-refractivity contribution in [2.45, 2.75) is 19.4 Å². The number of carboxylic acids is 1. The first-order valence-electron chi connectivity index (χ1n) is 9.29. The Balaban J connectivity index is 1.72. The molecule has 6 nitrogen and oxygen atoms in total. The summed E-state index contributed by atoms with van der Waals surface area (Å²) in [6.07, 6.45) is 0. The lowest BCUT2D eigenvalue weighted by Crippen LogP contribution is -2.37. The summed E-state index contributed by atoms with van der Waals surface area (Å²) in [4.78, 5) is 36.6. The third-order valence-corrected chi connectivity index (χ3v) is 4.89. The van der Waals surface area contributed by atoms with Crippen LogP contribution in [0, 0.1) is 0 Å². The third kappa shape index (κ3) is 3.43. The average molecular weight is 402 g/mol. The van der Waals surface area contributed by atoms with E-state index in [1.165, 1.54) is 38.1 Å². The van der Waals surface area contributed by atoms with Crippen LogP contribution in [0.3, 0.4) is 0 Å². The van der Waals surface area contributed by atoms with Gasteiger partial charge in [-0.15, -0.1) is 0 Å². The van der Waals surface area contributed by atoms with Gasteiger partial charge < -0.3 is 14.3 Å². The maximum absolute atomic E-state index is 13.0. The highest BCUT2D eigenvalue weighted by Crippen LogP contribution is 2.26. The normalized spacial score (nSPS) is 11.5. The Hall–Kier alpha value is -3.93. The quantitative estimate of drug-likeness (QED) is 0.302. The van der Waals surface area contributed by atoms with E-state index in [1.807, 2.05) is 30.3 Å². The van der Waals surface area contributed by atoms with E-state index in [4.69, 9.17) is 14.3 Å². The summed E-state index contributed by atoms with van der Waals surface area (Å²) in [5.74, 6) is -1.29. The van der Waals surface area contributed by atoms with Crippen molar-refractivity contribution in [3.8, 4) is 5.75 Å². The smallest absolute Gasteiger partial charge is 0.347 e. The molecule has 0 saturated heterocycles. The molecule has 0 aliphatic carbocycles. The van der Waals surface area contributed by atoms with Crippen molar-refractivity contribution in [3.63, 3.8) is 0 Å². The van der Waals surface area contributed by atoms with Gasteiger partial charge in [0.15, 0.2) is 11.4 Å². The van der Waals surface area contributed by atoms with Crippen LogP contribution in [0.2, 0.25) is 0 Å². The Morgan fingerprint density at radius 1 is 0.933 bits per heavy atom. The Kier molecular flexibility index (Phi) is 4.62. The van der Waals surface area contributed by atoms with Crippen LogP contribution in [0.5, 0.6) is 5.75 Å². The number of ether oxygens (including phenoxy) is 1. The fraction of sp³-hybridized carbons (Fsp3) is 0.125. The van der Waals surface area contributed by atoms with Crippen molar-refractivity contribution >= 4 is 33.5 Å². The Morgan fingerprint density at radius 3 is 2.33 bits per heavy atom. The molecule has 0 unspecified atom stereocenters. The van der Waals surface area contributed by atoms with Gasteiger partial charge in [-0.1, -0.05) is 30.3 Å². The number of rotatable bonds is 5. The molecule has 0 saturated carbocycles. The number of benzene rings is 3. The zero-order valence-electron chi connectivity index (χ0n) is 16.3. The zero-order chi connectivity index (χ0) is 21.5. The lowest BCUT2D eigenvalue weighted by atomic mass is 10.0. The number of carbonyl (C=O) groups excluding carboxylic acids is 1.